The Morgan fingerprint density at radius 1 is 1.41 bits per heavy atom. The lowest BCUT2D eigenvalue weighted by atomic mass is 9.93. The molecule has 0 fully saturated rings. The average molecular weight is 237 g/mol. The molecule has 0 saturated heterocycles. The van der Waals surface area contributed by atoms with Gasteiger partial charge in [0.05, 0.1) is 18.2 Å². The molecule has 0 bridgehead atoms. The summed E-state index contributed by atoms with van der Waals surface area (Å²) in [6, 6.07) is 7.57. The van der Waals surface area contributed by atoms with Crippen molar-refractivity contribution in [2.24, 2.45) is 5.41 Å². The molecule has 1 aromatic carbocycles. The second kappa shape index (κ2) is 5.08. The number of para-hydroxylation sites is 2. The summed E-state index contributed by atoms with van der Waals surface area (Å²) in [5.41, 5.74) is 0.0969. The van der Waals surface area contributed by atoms with Crippen molar-refractivity contribution in [3.05, 3.63) is 24.3 Å². The van der Waals surface area contributed by atoms with Crippen LogP contribution in [-0.4, -0.2) is 31.8 Å². The van der Waals surface area contributed by atoms with Gasteiger partial charge in [0.15, 0.2) is 0 Å². The molecule has 1 N–H and O–H groups in total. The van der Waals surface area contributed by atoms with Crippen molar-refractivity contribution in [1.82, 2.24) is 0 Å². The van der Waals surface area contributed by atoms with Crippen LogP contribution in [-0.2, 0) is 4.79 Å². The van der Waals surface area contributed by atoms with Crippen LogP contribution in [0.3, 0.4) is 0 Å². The van der Waals surface area contributed by atoms with Crippen molar-refractivity contribution in [2.75, 3.05) is 25.6 Å². The molecule has 17 heavy (non-hydrogen) atoms. The number of hydrogen-bond donors (Lipinski definition) is 1. The quantitative estimate of drug-likeness (QED) is 0.853. The third-order valence-corrected chi connectivity index (χ3v) is 2.71. The molecule has 1 rings (SSSR count). The normalized spacial score (nSPS) is 11.1. The summed E-state index contributed by atoms with van der Waals surface area (Å²) in [6.07, 6.45) is 0. The lowest BCUT2D eigenvalue weighted by Gasteiger charge is -2.29. The molecular weight excluding hydrogens is 218 g/mol. The van der Waals surface area contributed by atoms with E-state index in [1.54, 1.807) is 21.0 Å². The molecule has 0 atom stereocenters. The van der Waals surface area contributed by atoms with Gasteiger partial charge in [0, 0.05) is 13.6 Å². The van der Waals surface area contributed by atoms with Crippen molar-refractivity contribution in [2.45, 2.75) is 13.8 Å². The third kappa shape index (κ3) is 3.12. The van der Waals surface area contributed by atoms with Crippen LogP contribution < -0.4 is 9.64 Å². The highest BCUT2D eigenvalue weighted by molar-refractivity contribution is 5.75. The maximum Gasteiger partial charge on any atom is 0.310 e. The number of hydrogen-bond acceptors (Lipinski definition) is 3. The van der Waals surface area contributed by atoms with Gasteiger partial charge >= 0.3 is 5.97 Å². The van der Waals surface area contributed by atoms with Gasteiger partial charge in [-0.2, -0.15) is 0 Å². The topological polar surface area (TPSA) is 49.8 Å². The molecule has 0 heterocycles. The molecule has 0 aliphatic rings. The van der Waals surface area contributed by atoms with E-state index in [0.717, 1.165) is 11.4 Å². The van der Waals surface area contributed by atoms with Crippen molar-refractivity contribution in [3.8, 4) is 5.75 Å². The zero-order valence-electron chi connectivity index (χ0n) is 10.7. The van der Waals surface area contributed by atoms with E-state index in [1.165, 1.54) is 0 Å². The summed E-state index contributed by atoms with van der Waals surface area (Å²) < 4.78 is 5.25. The Balaban J connectivity index is 2.90. The number of rotatable bonds is 5. The molecule has 0 saturated carbocycles. The monoisotopic (exact) mass is 237 g/mol. The third-order valence-electron chi connectivity index (χ3n) is 2.71. The molecular formula is C13H19NO3. The first-order chi connectivity index (χ1) is 7.88. The molecule has 0 radical (unpaired) electrons. The lowest BCUT2D eigenvalue weighted by molar-refractivity contribution is -0.146. The van der Waals surface area contributed by atoms with Crippen LogP contribution in [0.4, 0.5) is 5.69 Å². The SMILES string of the molecule is COc1ccccc1N(C)CC(C)(C)C(=O)O. The number of methoxy groups -OCH3 is 1. The molecule has 0 unspecified atom stereocenters. The van der Waals surface area contributed by atoms with Gasteiger partial charge in [-0.3, -0.25) is 4.79 Å². The fourth-order valence-electron chi connectivity index (χ4n) is 1.69. The van der Waals surface area contributed by atoms with E-state index in [2.05, 4.69) is 0 Å². The number of carboxylic acids is 1. The molecule has 4 heteroatoms. The second-order valence-electron chi connectivity index (χ2n) is 4.72. The largest absolute Gasteiger partial charge is 0.495 e. The van der Waals surface area contributed by atoms with Gasteiger partial charge in [-0.1, -0.05) is 12.1 Å². The predicted octanol–water partition coefficient (Wildman–Crippen LogP) is 2.24. The molecule has 1 aromatic rings. The fourth-order valence-corrected chi connectivity index (χ4v) is 1.69. The molecule has 0 spiro atoms. The molecule has 0 amide bonds. The molecule has 94 valence electrons. The van der Waals surface area contributed by atoms with E-state index in [1.807, 2.05) is 36.2 Å². The van der Waals surface area contributed by atoms with Crippen molar-refractivity contribution in [3.63, 3.8) is 0 Å². The maximum absolute atomic E-state index is 11.1. The Morgan fingerprint density at radius 3 is 2.53 bits per heavy atom. The Hall–Kier alpha value is -1.71. The highest BCUT2D eigenvalue weighted by Crippen LogP contribution is 2.29. The summed E-state index contributed by atoms with van der Waals surface area (Å²) in [6.45, 7) is 3.84. The van der Waals surface area contributed by atoms with E-state index in [0.29, 0.717) is 6.54 Å². The zero-order chi connectivity index (χ0) is 13.1. The second-order valence-corrected chi connectivity index (χ2v) is 4.72. The zero-order valence-corrected chi connectivity index (χ0v) is 10.7. The van der Waals surface area contributed by atoms with E-state index in [4.69, 9.17) is 9.84 Å². The molecule has 0 aliphatic carbocycles. The van der Waals surface area contributed by atoms with E-state index >= 15 is 0 Å². The van der Waals surface area contributed by atoms with Gasteiger partial charge in [0.25, 0.3) is 0 Å². The first kappa shape index (κ1) is 13.4. The predicted molar refractivity (Wildman–Crippen MR) is 67.7 cm³/mol. The van der Waals surface area contributed by atoms with E-state index in [9.17, 15) is 4.79 Å². The summed E-state index contributed by atoms with van der Waals surface area (Å²) >= 11 is 0. The Bertz CT molecular complexity index is 401. The van der Waals surface area contributed by atoms with Crippen molar-refractivity contribution in [1.29, 1.82) is 0 Å². The van der Waals surface area contributed by atoms with Gasteiger partial charge < -0.3 is 14.7 Å². The Morgan fingerprint density at radius 2 is 2.00 bits per heavy atom. The van der Waals surface area contributed by atoms with Gasteiger partial charge in [-0.25, -0.2) is 0 Å². The summed E-state index contributed by atoms with van der Waals surface area (Å²) in [7, 11) is 3.47. The minimum atomic E-state index is -0.806. The number of nitrogens with zero attached hydrogens (tertiary/aromatic N) is 1. The maximum atomic E-state index is 11.1. The van der Waals surface area contributed by atoms with Crippen LogP contribution in [0.2, 0.25) is 0 Å². The first-order valence-electron chi connectivity index (χ1n) is 5.46. The average Bonchev–Trinajstić information content (AvgIpc) is 2.28. The van der Waals surface area contributed by atoms with Crippen LogP contribution in [0, 0.1) is 5.41 Å². The highest BCUT2D eigenvalue weighted by atomic mass is 16.5. The number of carbonyl (C=O) groups is 1. The Labute approximate surface area is 102 Å². The lowest BCUT2D eigenvalue weighted by Crippen LogP contribution is -2.37. The van der Waals surface area contributed by atoms with Gasteiger partial charge in [0.2, 0.25) is 0 Å². The minimum Gasteiger partial charge on any atom is -0.495 e. The molecule has 0 aliphatic heterocycles. The fraction of sp³-hybridized carbons (Fsp3) is 0.462. The van der Waals surface area contributed by atoms with Crippen LogP contribution in [0.5, 0.6) is 5.75 Å². The van der Waals surface area contributed by atoms with Crippen LogP contribution >= 0.6 is 0 Å². The smallest absolute Gasteiger partial charge is 0.310 e. The number of carboxylic acid groups (broad SMARTS) is 1. The number of aliphatic carboxylic acids is 1. The van der Waals surface area contributed by atoms with Crippen LogP contribution in [0.25, 0.3) is 0 Å². The van der Waals surface area contributed by atoms with Crippen LogP contribution in [0.15, 0.2) is 24.3 Å². The summed E-state index contributed by atoms with van der Waals surface area (Å²) in [5.74, 6) is -0.0598. The van der Waals surface area contributed by atoms with Gasteiger partial charge in [-0.05, 0) is 26.0 Å². The number of ether oxygens (including phenoxy) is 1. The highest BCUT2D eigenvalue weighted by Gasteiger charge is 2.29. The van der Waals surface area contributed by atoms with Crippen molar-refractivity contribution >= 4 is 11.7 Å². The molecule has 4 nitrogen and oxygen atoms in total. The van der Waals surface area contributed by atoms with Gasteiger partial charge in [-0.15, -0.1) is 0 Å². The minimum absolute atomic E-state index is 0.419. The number of benzene rings is 1. The molecule has 0 aromatic heterocycles. The van der Waals surface area contributed by atoms with E-state index < -0.39 is 11.4 Å². The standard InChI is InChI=1S/C13H19NO3/c1-13(2,12(15)16)9-14(3)10-7-5-6-8-11(10)17-4/h5-8H,9H2,1-4H3,(H,15,16). The first-order valence-corrected chi connectivity index (χ1v) is 5.46. The Kier molecular flexibility index (Phi) is 3.99. The van der Waals surface area contributed by atoms with E-state index in [-0.39, 0.29) is 0 Å². The van der Waals surface area contributed by atoms with Crippen LogP contribution in [0.1, 0.15) is 13.8 Å². The number of anilines is 1. The summed E-state index contributed by atoms with van der Waals surface area (Å²) in [4.78, 5) is 13.0. The van der Waals surface area contributed by atoms with Gasteiger partial charge in [0.1, 0.15) is 5.75 Å². The summed E-state index contributed by atoms with van der Waals surface area (Å²) in [5, 5.41) is 9.11. The van der Waals surface area contributed by atoms with Crippen molar-refractivity contribution < 1.29 is 14.6 Å².